The molecule has 4 heteroatoms. The van der Waals surface area contributed by atoms with Crippen LogP contribution in [0.5, 0.6) is 11.5 Å². The Morgan fingerprint density at radius 3 is 2.50 bits per heavy atom. The second kappa shape index (κ2) is 6.46. The number of thioether (sulfide) groups is 2. The number of ether oxygens (including phenoxy) is 1. The first-order valence-electron chi connectivity index (χ1n) is 6.56. The Bertz CT molecular complexity index is 566. The van der Waals surface area contributed by atoms with Gasteiger partial charge >= 0.3 is 0 Å². The highest BCUT2D eigenvalue weighted by atomic mass is 32.2. The Morgan fingerprint density at radius 1 is 1.05 bits per heavy atom. The maximum atomic E-state index is 10.1. The highest BCUT2D eigenvalue weighted by Gasteiger charge is 2.19. The van der Waals surface area contributed by atoms with E-state index in [-0.39, 0.29) is 5.75 Å². The van der Waals surface area contributed by atoms with E-state index < -0.39 is 0 Å². The molecule has 0 unspecified atom stereocenters. The number of benzene rings is 2. The van der Waals surface area contributed by atoms with Crippen LogP contribution in [0.25, 0.3) is 0 Å². The molecule has 1 heterocycles. The van der Waals surface area contributed by atoms with Crippen molar-refractivity contribution in [2.75, 3.05) is 11.5 Å². The Kier molecular flexibility index (Phi) is 4.43. The van der Waals surface area contributed by atoms with E-state index in [1.165, 1.54) is 17.1 Å². The lowest BCUT2D eigenvalue weighted by Gasteiger charge is -2.12. The van der Waals surface area contributed by atoms with Crippen molar-refractivity contribution in [2.24, 2.45) is 0 Å². The Balaban J connectivity index is 1.68. The SMILES string of the molecule is Oc1cc(C2SCCS2)ccc1OCc1ccccc1. The first-order chi connectivity index (χ1) is 9.83. The van der Waals surface area contributed by atoms with Crippen molar-refractivity contribution >= 4 is 23.5 Å². The first kappa shape index (κ1) is 13.7. The standard InChI is InChI=1S/C16H16O2S2/c17-14-10-13(16-19-8-9-20-16)6-7-15(14)18-11-12-4-2-1-3-5-12/h1-7,10,16-17H,8-9,11H2. The van der Waals surface area contributed by atoms with E-state index in [0.29, 0.717) is 16.9 Å². The van der Waals surface area contributed by atoms with Crippen LogP contribution in [0.1, 0.15) is 15.7 Å². The molecule has 104 valence electrons. The molecule has 1 aliphatic rings. The molecule has 1 aliphatic heterocycles. The van der Waals surface area contributed by atoms with Crippen LogP contribution in [0, 0.1) is 0 Å². The van der Waals surface area contributed by atoms with Crippen LogP contribution in [0.2, 0.25) is 0 Å². The fraction of sp³-hybridized carbons (Fsp3) is 0.250. The Morgan fingerprint density at radius 2 is 1.80 bits per heavy atom. The molecule has 0 bridgehead atoms. The molecule has 0 radical (unpaired) electrons. The minimum Gasteiger partial charge on any atom is -0.504 e. The molecule has 0 atom stereocenters. The van der Waals surface area contributed by atoms with Gasteiger partial charge in [-0.2, -0.15) is 0 Å². The molecule has 0 saturated carbocycles. The molecule has 0 aliphatic carbocycles. The van der Waals surface area contributed by atoms with E-state index >= 15 is 0 Å². The van der Waals surface area contributed by atoms with Crippen LogP contribution in [-0.2, 0) is 6.61 Å². The smallest absolute Gasteiger partial charge is 0.161 e. The maximum Gasteiger partial charge on any atom is 0.161 e. The number of rotatable bonds is 4. The average Bonchev–Trinajstić information content (AvgIpc) is 3.01. The van der Waals surface area contributed by atoms with Crippen LogP contribution >= 0.6 is 23.5 Å². The van der Waals surface area contributed by atoms with Crippen molar-refractivity contribution < 1.29 is 9.84 Å². The maximum absolute atomic E-state index is 10.1. The highest BCUT2D eigenvalue weighted by molar-refractivity contribution is 8.19. The lowest BCUT2D eigenvalue weighted by atomic mass is 10.2. The summed E-state index contributed by atoms with van der Waals surface area (Å²) in [6, 6.07) is 15.7. The zero-order valence-electron chi connectivity index (χ0n) is 11.0. The fourth-order valence-electron chi connectivity index (χ4n) is 2.09. The topological polar surface area (TPSA) is 29.5 Å². The van der Waals surface area contributed by atoms with Crippen molar-refractivity contribution in [3.05, 3.63) is 59.7 Å². The summed E-state index contributed by atoms with van der Waals surface area (Å²) in [5, 5.41) is 10.1. The molecule has 2 aromatic carbocycles. The largest absolute Gasteiger partial charge is 0.504 e. The van der Waals surface area contributed by atoms with E-state index in [1.807, 2.05) is 66.0 Å². The second-order valence-electron chi connectivity index (χ2n) is 4.57. The third-order valence-corrected chi connectivity index (χ3v) is 6.22. The zero-order valence-corrected chi connectivity index (χ0v) is 12.6. The Hall–Kier alpha value is -1.26. The monoisotopic (exact) mass is 304 g/mol. The molecular weight excluding hydrogens is 288 g/mol. The fourth-order valence-corrected chi connectivity index (χ4v) is 4.93. The quantitative estimate of drug-likeness (QED) is 0.903. The van der Waals surface area contributed by atoms with E-state index in [4.69, 9.17) is 4.74 Å². The van der Waals surface area contributed by atoms with E-state index in [2.05, 4.69) is 6.07 Å². The van der Waals surface area contributed by atoms with E-state index in [1.54, 1.807) is 0 Å². The van der Waals surface area contributed by atoms with Gasteiger partial charge in [-0.15, -0.1) is 23.5 Å². The molecule has 1 fully saturated rings. The summed E-state index contributed by atoms with van der Waals surface area (Å²) in [7, 11) is 0. The predicted octanol–water partition coefficient (Wildman–Crippen LogP) is 4.45. The first-order valence-corrected chi connectivity index (χ1v) is 8.65. The molecule has 0 amide bonds. The van der Waals surface area contributed by atoms with Gasteiger partial charge in [0.25, 0.3) is 0 Å². The van der Waals surface area contributed by atoms with Gasteiger partial charge in [0, 0.05) is 11.5 Å². The summed E-state index contributed by atoms with van der Waals surface area (Å²) in [5.74, 6) is 3.14. The molecule has 2 aromatic rings. The lowest BCUT2D eigenvalue weighted by molar-refractivity contribution is 0.289. The number of hydrogen-bond acceptors (Lipinski definition) is 4. The average molecular weight is 304 g/mol. The third-order valence-electron chi connectivity index (χ3n) is 3.11. The zero-order chi connectivity index (χ0) is 13.8. The number of hydrogen-bond donors (Lipinski definition) is 1. The number of aromatic hydroxyl groups is 1. The van der Waals surface area contributed by atoms with E-state index in [0.717, 1.165) is 5.56 Å². The Labute approximate surface area is 127 Å². The molecule has 1 saturated heterocycles. The van der Waals surface area contributed by atoms with Crippen LogP contribution in [0.15, 0.2) is 48.5 Å². The number of phenolic OH excluding ortho intramolecular Hbond substituents is 1. The highest BCUT2D eigenvalue weighted by Crippen LogP contribution is 2.46. The van der Waals surface area contributed by atoms with Gasteiger partial charge in [0.05, 0.1) is 4.58 Å². The van der Waals surface area contributed by atoms with Crippen LogP contribution in [0.3, 0.4) is 0 Å². The van der Waals surface area contributed by atoms with Gasteiger partial charge in [-0.1, -0.05) is 36.4 Å². The van der Waals surface area contributed by atoms with Crippen molar-refractivity contribution in [3.8, 4) is 11.5 Å². The van der Waals surface area contributed by atoms with Crippen LogP contribution in [0.4, 0.5) is 0 Å². The summed E-state index contributed by atoms with van der Waals surface area (Å²) >= 11 is 3.86. The summed E-state index contributed by atoms with van der Waals surface area (Å²) in [6.07, 6.45) is 0. The third kappa shape index (κ3) is 3.25. The van der Waals surface area contributed by atoms with Crippen LogP contribution in [-0.4, -0.2) is 16.6 Å². The van der Waals surface area contributed by atoms with Gasteiger partial charge in [0.1, 0.15) is 6.61 Å². The molecule has 20 heavy (non-hydrogen) atoms. The minimum absolute atomic E-state index is 0.228. The number of phenols is 1. The molecule has 0 aromatic heterocycles. The van der Waals surface area contributed by atoms with Gasteiger partial charge in [-0.3, -0.25) is 0 Å². The lowest BCUT2D eigenvalue weighted by Crippen LogP contribution is -1.96. The van der Waals surface area contributed by atoms with Gasteiger partial charge in [0.2, 0.25) is 0 Å². The second-order valence-corrected chi connectivity index (χ2v) is 7.30. The summed E-state index contributed by atoms with van der Waals surface area (Å²) in [5.41, 5.74) is 2.26. The summed E-state index contributed by atoms with van der Waals surface area (Å²) in [6.45, 7) is 0.473. The summed E-state index contributed by atoms with van der Waals surface area (Å²) in [4.78, 5) is 0. The van der Waals surface area contributed by atoms with Gasteiger partial charge in [0.15, 0.2) is 11.5 Å². The minimum atomic E-state index is 0.228. The molecular formula is C16H16O2S2. The normalized spacial score (nSPS) is 15.4. The van der Waals surface area contributed by atoms with E-state index in [9.17, 15) is 5.11 Å². The predicted molar refractivity (Wildman–Crippen MR) is 86.5 cm³/mol. The molecule has 1 N–H and O–H groups in total. The summed E-state index contributed by atoms with van der Waals surface area (Å²) < 4.78 is 6.13. The van der Waals surface area contributed by atoms with Crippen molar-refractivity contribution in [1.82, 2.24) is 0 Å². The van der Waals surface area contributed by atoms with Gasteiger partial charge in [-0.05, 0) is 23.3 Å². The molecule has 2 nitrogen and oxygen atoms in total. The molecule has 0 spiro atoms. The molecule has 3 rings (SSSR count). The van der Waals surface area contributed by atoms with Crippen molar-refractivity contribution in [2.45, 2.75) is 11.2 Å². The van der Waals surface area contributed by atoms with Crippen molar-refractivity contribution in [3.63, 3.8) is 0 Å². The van der Waals surface area contributed by atoms with Crippen molar-refractivity contribution in [1.29, 1.82) is 0 Å². The van der Waals surface area contributed by atoms with Crippen LogP contribution < -0.4 is 4.74 Å². The van der Waals surface area contributed by atoms with Gasteiger partial charge < -0.3 is 9.84 Å². The van der Waals surface area contributed by atoms with Gasteiger partial charge in [-0.25, -0.2) is 0 Å².